The zero-order chi connectivity index (χ0) is 13.0. The summed E-state index contributed by atoms with van der Waals surface area (Å²) in [5.74, 6) is 0.371. The van der Waals surface area contributed by atoms with Gasteiger partial charge in [-0.1, -0.05) is 18.2 Å². The molecule has 0 saturated carbocycles. The van der Waals surface area contributed by atoms with Gasteiger partial charge in [-0.05, 0) is 18.1 Å². The first-order valence-corrected chi connectivity index (χ1v) is 7.56. The lowest BCUT2D eigenvalue weighted by molar-refractivity contribution is 0.0505. The Morgan fingerprint density at radius 3 is 2.53 bits per heavy atom. The zero-order valence-electron chi connectivity index (χ0n) is 9.96. The van der Waals surface area contributed by atoms with E-state index in [1.807, 2.05) is 0 Å². The van der Waals surface area contributed by atoms with Crippen molar-refractivity contribution < 1.29 is 22.8 Å². The molecule has 2 N–H and O–H groups in total. The van der Waals surface area contributed by atoms with Gasteiger partial charge in [0.2, 0.25) is 0 Å². The maximum absolute atomic E-state index is 11.3. The van der Waals surface area contributed by atoms with Crippen molar-refractivity contribution in [2.75, 3.05) is 25.9 Å². The number of aryl methyl sites for hydroxylation is 1. The van der Waals surface area contributed by atoms with Crippen molar-refractivity contribution in [3.05, 3.63) is 29.8 Å². The number of hydrogen-bond acceptors (Lipinski definition) is 3. The predicted octanol–water partition coefficient (Wildman–Crippen LogP) is 1.61. The summed E-state index contributed by atoms with van der Waals surface area (Å²) in [5, 5.41) is 0. The fourth-order valence-electron chi connectivity index (χ4n) is 1.32. The van der Waals surface area contributed by atoms with Gasteiger partial charge in [0.15, 0.2) is 6.79 Å². The fourth-order valence-corrected chi connectivity index (χ4v) is 2.01. The molecule has 98 valence electrons. The van der Waals surface area contributed by atoms with E-state index in [1.165, 1.54) is 7.11 Å². The minimum Gasteiger partial charge on any atom is -0.467 e. The number of benzene rings is 1. The third kappa shape index (κ3) is 5.78. The van der Waals surface area contributed by atoms with Gasteiger partial charge in [0.25, 0.3) is 0 Å². The molecule has 0 aliphatic heterocycles. The van der Waals surface area contributed by atoms with Gasteiger partial charge < -0.3 is 18.6 Å². The summed E-state index contributed by atoms with van der Waals surface area (Å²) < 4.78 is 39.9. The molecular weight excluding hydrogens is 244 g/mol. The van der Waals surface area contributed by atoms with E-state index in [2.05, 4.69) is 0 Å². The molecule has 0 unspecified atom stereocenters. The van der Waals surface area contributed by atoms with E-state index < -0.39 is 9.63 Å². The minimum atomic E-state index is -4.45. The molecule has 0 aliphatic rings. The number of para-hydroxylation sites is 1. The Bertz CT molecular complexity index is 426. The molecule has 0 aliphatic carbocycles. The highest BCUT2D eigenvalue weighted by atomic mass is 32.3. The van der Waals surface area contributed by atoms with E-state index in [4.69, 9.17) is 9.47 Å². The predicted molar refractivity (Wildman–Crippen MR) is 66.8 cm³/mol. The van der Waals surface area contributed by atoms with Crippen molar-refractivity contribution in [2.24, 2.45) is 0 Å². The normalized spacial score (nSPS) is 14.0. The standard InChI is InChI=1S/C11H18O5S/c1-15-9-16-11-6-4-3-5-10(11)7-8-17(2,12,13)14/h3-6H,7-9H2,1-2H3,(H2,12,13,14). The van der Waals surface area contributed by atoms with Crippen molar-refractivity contribution in [1.82, 2.24) is 0 Å². The first kappa shape index (κ1) is 14.1. The molecule has 17 heavy (non-hydrogen) atoms. The fraction of sp³-hybridized carbons (Fsp3) is 0.455. The largest absolute Gasteiger partial charge is 0.467 e. The van der Waals surface area contributed by atoms with Crippen LogP contribution in [0.1, 0.15) is 5.56 Å². The van der Waals surface area contributed by atoms with E-state index >= 15 is 0 Å². The number of ether oxygens (including phenoxy) is 2. The summed E-state index contributed by atoms with van der Waals surface area (Å²) in [4.78, 5) is 0. The molecule has 0 atom stereocenters. The van der Waals surface area contributed by atoms with Crippen LogP contribution in [0.4, 0.5) is 0 Å². The summed E-state index contributed by atoms with van der Waals surface area (Å²) >= 11 is 0. The summed E-state index contributed by atoms with van der Waals surface area (Å²) in [6.07, 6.45) is 1.20. The summed E-state index contributed by atoms with van der Waals surface area (Å²) in [6, 6.07) is 7.13. The van der Waals surface area contributed by atoms with Crippen molar-refractivity contribution >= 4 is 9.63 Å². The van der Waals surface area contributed by atoms with Crippen LogP contribution in [-0.4, -0.2) is 39.2 Å². The van der Waals surface area contributed by atoms with Gasteiger partial charge in [-0.25, -0.2) is 4.21 Å². The average Bonchev–Trinajstić information content (AvgIpc) is 2.22. The second-order valence-corrected chi connectivity index (χ2v) is 7.30. The number of hydrogen-bond donors (Lipinski definition) is 2. The van der Waals surface area contributed by atoms with Crippen LogP contribution in [0.5, 0.6) is 5.75 Å². The van der Waals surface area contributed by atoms with Crippen LogP contribution in [0, 0.1) is 0 Å². The second-order valence-electron chi connectivity index (χ2n) is 4.04. The van der Waals surface area contributed by atoms with Crippen LogP contribution < -0.4 is 4.74 Å². The number of methoxy groups -OCH3 is 1. The van der Waals surface area contributed by atoms with E-state index in [0.29, 0.717) is 5.75 Å². The quantitative estimate of drug-likeness (QED) is 0.762. The molecular formula is C11H18O5S. The molecule has 0 heterocycles. The van der Waals surface area contributed by atoms with Crippen LogP contribution in [0.3, 0.4) is 0 Å². The Morgan fingerprint density at radius 2 is 1.94 bits per heavy atom. The van der Waals surface area contributed by atoms with E-state index in [1.54, 1.807) is 24.3 Å². The molecule has 0 bridgehead atoms. The van der Waals surface area contributed by atoms with Crippen molar-refractivity contribution in [2.45, 2.75) is 6.42 Å². The molecule has 0 radical (unpaired) electrons. The molecule has 0 fully saturated rings. The molecule has 5 nitrogen and oxygen atoms in total. The topological polar surface area (TPSA) is 76.0 Å². The Morgan fingerprint density at radius 1 is 1.29 bits per heavy atom. The Kier molecular flexibility index (Phi) is 4.26. The molecule has 0 aromatic heterocycles. The third-order valence-electron chi connectivity index (χ3n) is 2.15. The average molecular weight is 262 g/mol. The molecule has 6 heteroatoms. The SMILES string of the molecule is COCOc1ccccc1CCS(C)(=O)(O)O. The monoisotopic (exact) mass is 262 g/mol. The van der Waals surface area contributed by atoms with Gasteiger partial charge >= 0.3 is 0 Å². The van der Waals surface area contributed by atoms with Gasteiger partial charge in [0, 0.05) is 13.4 Å². The highest BCUT2D eigenvalue weighted by Crippen LogP contribution is 2.21. The summed E-state index contributed by atoms with van der Waals surface area (Å²) in [7, 11) is -2.94. The van der Waals surface area contributed by atoms with Gasteiger partial charge in [-0.15, -0.1) is 0 Å². The molecule has 1 aromatic rings. The van der Waals surface area contributed by atoms with Crippen molar-refractivity contribution in [3.8, 4) is 5.75 Å². The molecule has 1 rings (SSSR count). The summed E-state index contributed by atoms with van der Waals surface area (Å²) in [5.41, 5.74) is 0.758. The summed E-state index contributed by atoms with van der Waals surface area (Å²) in [6.45, 7) is 0.112. The van der Waals surface area contributed by atoms with Crippen LogP contribution >= 0.6 is 0 Å². The van der Waals surface area contributed by atoms with E-state index in [-0.39, 0.29) is 19.0 Å². The second kappa shape index (κ2) is 5.14. The van der Waals surface area contributed by atoms with Crippen molar-refractivity contribution in [1.29, 1.82) is 0 Å². The highest BCUT2D eigenvalue weighted by Gasteiger charge is 2.22. The van der Waals surface area contributed by atoms with Gasteiger partial charge in [-0.2, -0.15) is 0 Å². The van der Waals surface area contributed by atoms with Crippen molar-refractivity contribution in [3.63, 3.8) is 0 Å². The molecule has 1 aromatic carbocycles. The third-order valence-corrected chi connectivity index (χ3v) is 3.29. The van der Waals surface area contributed by atoms with Gasteiger partial charge in [-0.3, -0.25) is 0 Å². The van der Waals surface area contributed by atoms with E-state index in [0.717, 1.165) is 11.8 Å². The smallest absolute Gasteiger partial charge is 0.188 e. The van der Waals surface area contributed by atoms with Crippen LogP contribution in [0.15, 0.2) is 24.3 Å². The Balaban J connectivity index is 2.74. The molecule has 0 spiro atoms. The lowest BCUT2D eigenvalue weighted by Gasteiger charge is -2.25. The minimum absolute atomic E-state index is 0.112. The Hall–Kier alpha value is -0.950. The molecule has 0 amide bonds. The highest BCUT2D eigenvalue weighted by molar-refractivity contribution is 8.09. The number of rotatable bonds is 6. The zero-order valence-corrected chi connectivity index (χ0v) is 10.8. The maximum Gasteiger partial charge on any atom is 0.188 e. The van der Waals surface area contributed by atoms with Gasteiger partial charge in [0.1, 0.15) is 5.75 Å². The Labute approximate surface area is 101 Å². The first-order chi connectivity index (χ1) is 7.78. The van der Waals surface area contributed by atoms with Crippen LogP contribution in [0.25, 0.3) is 0 Å². The lowest BCUT2D eigenvalue weighted by Crippen LogP contribution is -2.34. The van der Waals surface area contributed by atoms with Crippen LogP contribution in [-0.2, 0) is 20.8 Å². The first-order valence-electron chi connectivity index (χ1n) is 5.10. The maximum atomic E-state index is 11.3. The van der Waals surface area contributed by atoms with E-state index in [9.17, 15) is 13.3 Å². The molecule has 0 saturated heterocycles. The van der Waals surface area contributed by atoms with Crippen LogP contribution in [0.2, 0.25) is 0 Å². The lowest BCUT2D eigenvalue weighted by atomic mass is 10.1. The van der Waals surface area contributed by atoms with Gasteiger partial charge in [0.05, 0.1) is 15.4 Å².